The molecule has 0 N–H and O–H groups in total. The third-order valence-electron chi connectivity index (χ3n) is 4.18. The Balaban J connectivity index is 1.87. The van der Waals surface area contributed by atoms with E-state index in [4.69, 9.17) is 4.98 Å². The molecule has 1 saturated heterocycles. The molecule has 1 aliphatic heterocycles. The molecule has 0 aromatic carbocycles. The summed E-state index contributed by atoms with van der Waals surface area (Å²) in [6.07, 6.45) is 7.41. The van der Waals surface area contributed by atoms with Gasteiger partial charge in [-0.05, 0) is 45.1 Å². The summed E-state index contributed by atoms with van der Waals surface area (Å²) < 4.78 is 1.87. The van der Waals surface area contributed by atoms with E-state index in [-0.39, 0.29) is 0 Å². The Bertz CT molecular complexity index is 619. The summed E-state index contributed by atoms with van der Waals surface area (Å²) in [7, 11) is 0. The van der Waals surface area contributed by atoms with Gasteiger partial charge < -0.3 is 4.90 Å². The average Bonchev–Trinajstić information content (AvgIpc) is 2.68. The first kappa shape index (κ1) is 14.0. The number of rotatable bonds is 2. The van der Waals surface area contributed by atoms with E-state index in [0.29, 0.717) is 0 Å². The third-order valence-corrected chi connectivity index (χ3v) is 4.18. The van der Waals surface area contributed by atoms with Gasteiger partial charge in [0.25, 0.3) is 0 Å². The van der Waals surface area contributed by atoms with Crippen LogP contribution in [0.15, 0.2) is 18.5 Å². The highest BCUT2D eigenvalue weighted by molar-refractivity contribution is 5.40. The Morgan fingerprint density at radius 2 is 1.90 bits per heavy atom. The molecule has 0 spiro atoms. The molecular formula is C16H23N5. The molecular weight excluding hydrogens is 262 g/mol. The molecule has 112 valence electrons. The van der Waals surface area contributed by atoms with Gasteiger partial charge in [0.15, 0.2) is 5.82 Å². The lowest BCUT2D eigenvalue weighted by molar-refractivity contribution is 0.521. The molecule has 2 aromatic rings. The first-order valence-electron chi connectivity index (χ1n) is 7.74. The van der Waals surface area contributed by atoms with Crippen LogP contribution in [0.3, 0.4) is 0 Å². The molecule has 21 heavy (non-hydrogen) atoms. The molecule has 3 rings (SSSR count). The topological polar surface area (TPSA) is 46.8 Å². The van der Waals surface area contributed by atoms with E-state index in [9.17, 15) is 0 Å². The molecule has 1 unspecified atom stereocenters. The van der Waals surface area contributed by atoms with Gasteiger partial charge in [-0.3, -0.25) is 4.98 Å². The van der Waals surface area contributed by atoms with Crippen molar-refractivity contribution in [3.8, 4) is 5.82 Å². The number of anilines is 1. The minimum absolute atomic E-state index is 0.801. The number of hydrogen-bond acceptors (Lipinski definition) is 4. The van der Waals surface area contributed by atoms with E-state index in [1.165, 1.54) is 19.3 Å². The summed E-state index contributed by atoms with van der Waals surface area (Å²) in [5, 5.41) is 4.49. The summed E-state index contributed by atoms with van der Waals surface area (Å²) in [5.74, 6) is 2.58. The largest absolute Gasteiger partial charge is 0.355 e. The van der Waals surface area contributed by atoms with Crippen LogP contribution in [0.1, 0.15) is 37.6 Å². The molecule has 1 atom stereocenters. The normalized spacial score (nSPS) is 19.6. The minimum Gasteiger partial charge on any atom is -0.355 e. The molecule has 0 amide bonds. The van der Waals surface area contributed by atoms with Crippen molar-refractivity contribution >= 4 is 5.82 Å². The minimum atomic E-state index is 0.801. The van der Waals surface area contributed by atoms with Crippen LogP contribution < -0.4 is 4.90 Å². The van der Waals surface area contributed by atoms with Crippen LogP contribution in [0.25, 0.3) is 5.82 Å². The van der Waals surface area contributed by atoms with Crippen LogP contribution in [0.4, 0.5) is 5.82 Å². The Kier molecular flexibility index (Phi) is 3.90. The van der Waals surface area contributed by atoms with Crippen LogP contribution in [-0.4, -0.2) is 32.8 Å². The molecule has 3 heterocycles. The molecule has 1 fully saturated rings. The zero-order valence-electron chi connectivity index (χ0n) is 13.1. The highest BCUT2D eigenvalue weighted by Crippen LogP contribution is 2.21. The van der Waals surface area contributed by atoms with Gasteiger partial charge in [-0.1, -0.05) is 6.92 Å². The van der Waals surface area contributed by atoms with Crippen LogP contribution in [0.5, 0.6) is 0 Å². The third kappa shape index (κ3) is 3.06. The number of aryl methyl sites for hydroxylation is 2. The van der Waals surface area contributed by atoms with E-state index < -0.39 is 0 Å². The van der Waals surface area contributed by atoms with Gasteiger partial charge in [0.2, 0.25) is 0 Å². The van der Waals surface area contributed by atoms with Gasteiger partial charge in [0.1, 0.15) is 5.82 Å². The first-order valence-corrected chi connectivity index (χ1v) is 7.74. The zero-order chi connectivity index (χ0) is 14.8. The van der Waals surface area contributed by atoms with Crippen molar-refractivity contribution in [3.05, 3.63) is 29.8 Å². The molecule has 5 nitrogen and oxygen atoms in total. The number of nitrogens with zero attached hydrogens (tertiary/aromatic N) is 5. The van der Waals surface area contributed by atoms with E-state index in [1.54, 1.807) is 6.20 Å². The highest BCUT2D eigenvalue weighted by Gasteiger charge is 2.16. The molecule has 0 aliphatic carbocycles. The van der Waals surface area contributed by atoms with Crippen molar-refractivity contribution in [2.45, 2.75) is 40.0 Å². The standard InChI is InChI=1S/C16H23N5/c1-12-5-4-7-20(8-6-12)15-10-17-11-16(18-15)21-14(3)9-13(2)19-21/h9-12H,4-8H2,1-3H3. The SMILES string of the molecule is Cc1cc(C)n(-c2cncc(N3CCCC(C)CC3)n2)n1. The quantitative estimate of drug-likeness (QED) is 0.851. The lowest BCUT2D eigenvalue weighted by Crippen LogP contribution is -2.25. The van der Waals surface area contributed by atoms with Crippen molar-refractivity contribution in [1.82, 2.24) is 19.7 Å². The molecule has 5 heteroatoms. The number of hydrogen-bond donors (Lipinski definition) is 0. The Morgan fingerprint density at radius 3 is 2.67 bits per heavy atom. The molecule has 1 aliphatic rings. The first-order chi connectivity index (χ1) is 10.1. The van der Waals surface area contributed by atoms with Gasteiger partial charge in [-0.25, -0.2) is 9.67 Å². The molecule has 0 bridgehead atoms. The zero-order valence-corrected chi connectivity index (χ0v) is 13.1. The van der Waals surface area contributed by atoms with Gasteiger partial charge in [0, 0.05) is 18.8 Å². The predicted octanol–water partition coefficient (Wildman–Crippen LogP) is 2.91. The fourth-order valence-electron chi connectivity index (χ4n) is 2.95. The second-order valence-electron chi connectivity index (χ2n) is 6.10. The van der Waals surface area contributed by atoms with E-state index in [0.717, 1.165) is 42.0 Å². The Labute approximate surface area is 126 Å². The number of aromatic nitrogens is 4. The maximum atomic E-state index is 4.77. The smallest absolute Gasteiger partial charge is 0.174 e. The monoisotopic (exact) mass is 285 g/mol. The van der Waals surface area contributed by atoms with E-state index >= 15 is 0 Å². The van der Waals surface area contributed by atoms with Crippen molar-refractivity contribution in [3.63, 3.8) is 0 Å². The van der Waals surface area contributed by atoms with Crippen molar-refractivity contribution in [1.29, 1.82) is 0 Å². The van der Waals surface area contributed by atoms with Crippen LogP contribution in [-0.2, 0) is 0 Å². The lowest BCUT2D eigenvalue weighted by atomic mass is 10.0. The maximum Gasteiger partial charge on any atom is 0.174 e. The fraction of sp³-hybridized carbons (Fsp3) is 0.562. The summed E-state index contributed by atoms with van der Waals surface area (Å²) in [4.78, 5) is 11.5. The van der Waals surface area contributed by atoms with Crippen molar-refractivity contribution in [2.75, 3.05) is 18.0 Å². The van der Waals surface area contributed by atoms with Crippen LogP contribution >= 0.6 is 0 Å². The molecule has 0 saturated carbocycles. The maximum absolute atomic E-state index is 4.77. The Morgan fingerprint density at radius 1 is 1.10 bits per heavy atom. The molecule has 0 radical (unpaired) electrons. The average molecular weight is 285 g/mol. The second-order valence-corrected chi connectivity index (χ2v) is 6.10. The lowest BCUT2D eigenvalue weighted by Gasteiger charge is -2.21. The van der Waals surface area contributed by atoms with Crippen LogP contribution in [0.2, 0.25) is 0 Å². The highest BCUT2D eigenvalue weighted by atomic mass is 15.3. The fourth-order valence-corrected chi connectivity index (χ4v) is 2.95. The summed E-state index contributed by atoms with van der Waals surface area (Å²) >= 11 is 0. The van der Waals surface area contributed by atoms with E-state index in [1.807, 2.05) is 24.7 Å². The van der Waals surface area contributed by atoms with E-state index in [2.05, 4.69) is 28.0 Å². The van der Waals surface area contributed by atoms with Crippen LogP contribution in [0, 0.1) is 19.8 Å². The van der Waals surface area contributed by atoms with Crippen molar-refractivity contribution in [2.24, 2.45) is 5.92 Å². The van der Waals surface area contributed by atoms with Gasteiger partial charge >= 0.3 is 0 Å². The summed E-state index contributed by atoms with van der Waals surface area (Å²) in [6.45, 7) is 8.51. The predicted molar refractivity (Wildman–Crippen MR) is 83.9 cm³/mol. The van der Waals surface area contributed by atoms with Crippen molar-refractivity contribution < 1.29 is 0 Å². The summed E-state index contributed by atoms with van der Waals surface area (Å²) in [6, 6.07) is 2.06. The molecule has 2 aromatic heterocycles. The summed E-state index contributed by atoms with van der Waals surface area (Å²) in [5.41, 5.74) is 2.09. The van der Waals surface area contributed by atoms with Gasteiger partial charge in [-0.15, -0.1) is 0 Å². The Hall–Kier alpha value is -1.91. The van der Waals surface area contributed by atoms with Gasteiger partial charge in [-0.2, -0.15) is 5.10 Å². The van der Waals surface area contributed by atoms with Gasteiger partial charge in [0.05, 0.1) is 18.1 Å². The second kappa shape index (κ2) is 5.84.